The van der Waals surface area contributed by atoms with Crippen LogP contribution in [0.15, 0.2) is 382 Å². The zero-order chi connectivity index (χ0) is 103. The van der Waals surface area contributed by atoms with Crippen LogP contribution in [0.25, 0.3) is 152 Å². The number of rotatable bonds is 9. The first-order chi connectivity index (χ1) is 71.6. The summed E-state index contributed by atoms with van der Waals surface area (Å²) in [7, 11) is 0. The molecule has 0 saturated heterocycles. The summed E-state index contributed by atoms with van der Waals surface area (Å²) in [6.45, 7) is 40.3. The van der Waals surface area contributed by atoms with Gasteiger partial charge < -0.3 is 37.6 Å². The Hall–Kier alpha value is -16.2. The van der Waals surface area contributed by atoms with Gasteiger partial charge >= 0.3 is 0 Å². The Morgan fingerprint density at radius 1 is 0.211 bits per heavy atom. The van der Waals surface area contributed by atoms with Gasteiger partial charge in [0.05, 0.1) is 0 Å². The molecule has 6 aromatic heterocycles. The van der Waals surface area contributed by atoms with Gasteiger partial charge in [0.1, 0.15) is 11.2 Å². The van der Waals surface area contributed by atoms with Crippen LogP contribution in [-0.2, 0) is 50.5 Å². The molecule has 0 bridgehead atoms. The Bertz CT molecular complexity index is 8850. The van der Waals surface area contributed by atoms with Crippen molar-refractivity contribution < 1.29 is 19.8 Å². The van der Waals surface area contributed by atoms with Crippen molar-refractivity contribution in [1.82, 2.24) is 27.4 Å². The first-order valence-electron chi connectivity index (χ1n) is 52.3. The van der Waals surface area contributed by atoms with Crippen molar-refractivity contribution in [2.24, 2.45) is 0 Å². The second kappa shape index (κ2) is 40.8. The molecular weight excluding hydrogens is 1790 g/mol. The third kappa shape index (κ3) is 16.8. The third-order valence-electron chi connectivity index (χ3n) is 30.8. The van der Waals surface area contributed by atoms with E-state index in [1.807, 2.05) is 142 Å². The highest BCUT2D eigenvalue weighted by atomic mass is 16.3. The van der Waals surface area contributed by atoms with Crippen molar-refractivity contribution in [3.63, 3.8) is 0 Å². The van der Waals surface area contributed by atoms with Gasteiger partial charge in [-0.1, -0.05) is 337 Å². The molecule has 10 nitrogen and oxygen atoms in total. The number of benzene rings is 19. The lowest BCUT2D eigenvalue weighted by atomic mass is 9.65. The van der Waals surface area contributed by atoms with Crippen molar-refractivity contribution in [3.8, 4) is 0 Å². The molecule has 0 radical (unpaired) electrons. The van der Waals surface area contributed by atoms with Gasteiger partial charge in [-0.05, 0) is 268 Å². The van der Waals surface area contributed by atoms with Crippen molar-refractivity contribution in [1.29, 1.82) is 0 Å². The van der Waals surface area contributed by atoms with E-state index in [0.29, 0.717) is 35.3 Å². The number of aryl methyl sites for hydroxylation is 11. The summed E-state index contributed by atoms with van der Waals surface area (Å²) >= 11 is 0. The summed E-state index contributed by atoms with van der Waals surface area (Å²) in [5.41, 5.74) is 30.6. The molecule has 2 atom stereocenters. The Morgan fingerprint density at radius 2 is 0.449 bits per heavy atom. The molecular formula is C137H128N6O4. The van der Waals surface area contributed by atoms with Crippen molar-refractivity contribution in [3.05, 3.63) is 488 Å². The zero-order valence-electron chi connectivity index (χ0n) is 87.5. The number of carbonyl (C=O) groups is 2. The highest BCUT2D eigenvalue weighted by Gasteiger charge is 2.48. The Balaban J connectivity index is 0.000000110. The van der Waals surface area contributed by atoms with E-state index >= 15 is 0 Å². The predicted molar refractivity (Wildman–Crippen MR) is 623 cm³/mol. The molecule has 0 fully saturated rings. The van der Waals surface area contributed by atoms with Gasteiger partial charge in [-0.25, -0.2) is 0 Å². The molecule has 2 aliphatic carbocycles. The van der Waals surface area contributed by atoms with E-state index < -0.39 is 11.2 Å². The van der Waals surface area contributed by atoms with Crippen LogP contribution < -0.4 is 0 Å². The number of carbonyl (C=O) groups excluding carboxylic acids is 2. The first kappa shape index (κ1) is 98.2. The summed E-state index contributed by atoms with van der Waals surface area (Å²) < 4.78 is 14.2. The molecule has 0 amide bonds. The Morgan fingerprint density at radius 3 is 0.776 bits per heavy atom. The normalized spacial score (nSPS) is 13.9. The van der Waals surface area contributed by atoms with Crippen molar-refractivity contribution in [2.45, 2.75) is 168 Å². The van der Waals surface area contributed by atoms with Crippen LogP contribution in [0.2, 0.25) is 0 Å². The number of aromatic nitrogens is 6. The molecule has 147 heavy (non-hydrogen) atoms. The standard InChI is InChI=1S/C31H29NO2.C31H27N.C29H21NO2.3C14H13N.2C2H6/c1-19-16-17-20(2)28-27(19)30(3,33)24-13-9-10-21(29(24)31(28,4)34)18-32-25-14-7-5-11-22(25)23-12-6-8-15-26(23)32;1-19-16-17-20(2)30-22(4)31-23(10-9-13-24(31)21(3)29(19)30)18-32-27-14-7-5-11-25(27)26-12-6-8-15-28(26)32;1-17-14-15-18(2)26-25(17)28(31)22-11-7-8-19(27(22)29(26)32)16-30-23-12-5-3-9-20(23)21-10-4-6-13-24(21)30;3*1-2-15-13-9-5-3-7-11(13)12-8-4-6-10-14(12)15;2*1-2/h5-17,33-34H,18H2,1-4H3;5-17H,18H2,1-4H3;3-15H,16H2,1-2H3;3*3-10H,2H2,1H3;2*1-2H3. The lowest BCUT2D eigenvalue weighted by Gasteiger charge is -2.44. The monoisotopic (exact) mass is 1920 g/mol. The van der Waals surface area contributed by atoms with Crippen LogP contribution in [0.1, 0.15) is 178 Å². The van der Waals surface area contributed by atoms with E-state index in [2.05, 4.69) is 379 Å². The number of fused-ring (bicyclic) bond motifs is 24. The average Bonchev–Trinajstić information content (AvgIpc) is 1.67. The summed E-state index contributed by atoms with van der Waals surface area (Å²) in [5, 5.41) is 45.3. The SMILES string of the molecule is CC.CC.CCn1c2ccccc2c2ccccc21.CCn1c2ccccc2c2ccccc21.CCn1c2ccccc2c2ccccc21.Cc1ccc(C)c2c(C)c3c(Cn4c5ccccc5c5ccccc54)cccc3c(C)c12.Cc1ccc(C)c2c1C(=O)c1cccc(Cn3c4ccccc4c4ccccc43)c1C2=O.Cc1ccc(C)c2c1C(C)(O)c1cccc(Cn3c4ccccc4c4ccccc43)c1C2(C)O. The van der Waals surface area contributed by atoms with E-state index in [9.17, 15) is 19.8 Å². The van der Waals surface area contributed by atoms with Crippen molar-refractivity contribution >= 4 is 164 Å². The highest BCUT2D eigenvalue weighted by molar-refractivity contribution is 6.30. The second-order valence-electron chi connectivity index (χ2n) is 39.1. The quantitative estimate of drug-likeness (QED) is 0.141. The molecule has 730 valence electrons. The molecule has 0 saturated carbocycles. The molecule has 0 aliphatic heterocycles. The minimum Gasteiger partial charge on any atom is -0.381 e. The van der Waals surface area contributed by atoms with Crippen molar-refractivity contribution in [2.75, 3.05) is 0 Å². The molecule has 0 spiro atoms. The fraction of sp³-hybridized carbons (Fsp3) is 0.182. The number of ketones is 2. The van der Waals surface area contributed by atoms with E-state index in [1.165, 1.54) is 158 Å². The Kier molecular flexibility index (Phi) is 27.2. The van der Waals surface area contributed by atoms with Gasteiger partial charge in [-0.15, -0.1) is 0 Å². The minimum absolute atomic E-state index is 0.0489. The van der Waals surface area contributed by atoms with Crippen LogP contribution in [0.4, 0.5) is 0 Å². The van der Waals surface area contributed by atoms with Gasteiger partial charge in [0.15, 0.2) is 11.6 Å². The van der Waals surface area contributed by atoms with Crippen LogP contribution in [-0.4, -0.2) is 49.2 Å². The molecule has 2 N–H and O–H groups in total. The van der Waals surface area contributed by atoms with Crippen LogP contribution in [0, 0.1) is 55.4 Å². The summed E-state index contributed by atoms with van der Waals surface area (Å²) in [6, 6.07) is 134. The Labute approximate surface area is 861 Å². The third-order valence-corrected chi connectivity index (χ3v) is 30.8. The lowest BCUT2D eigenvalue weighted by molar-refractivity contribution is 0.0490. The van der Waals surface area contributed by atoms with Gasteiger partial charge in [0, 0.05) is 192 Å². The molecule has 25 aromatic rings. The van der Waals surface area contributed by atoms with Gasteiger partial charge in [0.25, 0.3) is 0 Å². The summed E-state index contributed by atoms with van der Waals surface area (Å²) in [4.78, 5) is 27.2. The summed E-state index contributed by atoms with van der Waals surface area (Å²) in [6.07, 6.45) is 0. The summed E-state index contributed by atoms with van der Waals surface area (Å²) in [5.74, 6) is -0.105. The number of para-hydroxylation sites is 12. The van der Waals surface area contributed by atoms with E-state index in [-0.39, 0.29) is 11.6 Å². The molecule has 19 aromatic carbocycles. The molecule has 6 heterocycles. The number of hydrogen-bond acceptors (Lipinski definition) is 4. The highest BCUT2D eigenvalue weighted by Crippen LogP contribution is 2.52. The minimum atomic E-state index is -1.22. The van der Waals surface area contributed by atoms with E-state index in [1.54, 1.807) is 6.07 Å². The maximum Gasteiger partial charge on any atom is 0.195 e. The molecule has 2 aliphatic rings. The maximum absolute atomic E-state index is 13.7. The topological polar surface area (TPSA) is 104 Å². The largest absolute Gasteiger partial charge is 0.381 e. The second-order valence-corrected chi connectivity index (χ2v) is 39.1. The van der Waals surface area contributed by atoms with Crippen LogP contribution >= 0.6 is 0 Å². The fourth-order valence-corrected chi connectivity index (χ4v) is 24.5. The zero-order valence-corrected chi connectivity index (χ0v) is 87.5. The maximum atomic E-state index is 13.7. The fourth-order valence-electron chi connectivity index (χ4n) is 24.5. The van der Waals surface area contributed by atoms with E-state index in [0.717, 1.165) is 104 Å². The molecule has 10 heteroatoms. The van der Waals surface area contributed by atoms with Gasteiger partial charge in [0.2, 0.25) is 0 Å². The molecule has 27 rings (SSSR count). The smallest absolute Gasteiger partial charge is 0.195 e. The lowest BCUT2D eigenvalue weighted by Crippen LogP contribution is -2.42. The number of aliphatic hydroxyl groups is 2. The van der Waals surface area contributed by atoms with Gasteiger partial charge in [-0.3, -0.25) is 9.59 Å². The van der Waals surface area contributed by atoms with Gasteiger partial charge in [-0.2, -0.15) is 0 Å². The van der Waals surface area contributed by atoms with E-state index in [4.69, 9.17) is 0 Å². The van der Waals surface area contributed by atoms with Crippen LogP contribution in [0.3, 0.4) is 0 Å². The number of nitrogens with zero attached hydrogens (tertiary/aromatic N) is 6. The van der Waals surface area contributed by atoms with Crippen LogP contribution in [0.5, 0.6) is 0 Å². The number of hydrogen-bond donors (Lipinski definition) is 2. The molecule has 2 unspecified atom stereocenters. The average molecular weight is 1920 g/mol. The predicted octanol–water partition coefficient (Wildman–Crippen LogP) is 34.4. The first-order valence-corrected chi connectivity index (χ1v) is 52.3.